The first-order valence-electron chi connectivity index (χ1n) is 10.0. The third-order valence-electron chi connectivity index (χ3n) is 4.85. The maximum atomic E-state index is 12.8. The molecule has 0 fully saturated rings. The Labute approximate surface area is 184 Å². The van der Waals surface area contributed by atoms with Gasteiger partial charge in [0.25, 0.3) is 5.56 Å². The van der Waals surface area contributed by atoms with E-state index >= 15 is 0 Å². The van der Waals surface area contributed by atoms with Gasteiger partial charge in [-0.05, 0) is 44.4 Å². The number of thiophene rings is 1. The predicted octanol–water partition coefficient (Wildman–Crippen LogP) is 6.22. The zero-order valence-corrected chi connectivity index (χ0v) is 18.7. The normalized spacial score (nSPS) is 11.1. The average molecular weight is 437 g/mol. The summed E-state index contributed by atoms with van der Waals surface area (Å²) in [4.78, 5) is 22.4. The number of nitrogens with one attached hydrogen (secondary N) is 1. The molecule has 0 aliphatic carbocycles. The van der Waals surface area contributed by atoms with Crippen molar-refractivity contribution in [1.29, 1.82) is 0 Å². The van der Waals surface area contributed by atoms with Crippen LogP contribution in [0.25, 0.3) is 21.3 Å². The molecule has 0 radical (unpaired) electrons. The molecule has 0 saturated carbocycles. The lowest BCUT2D eigenvalue weighted by atomic mass is 10.0. The van der Waals surface area contributed by atoms with E-state index in [9.17, 15) is 4.79 Å². The SMILES string of the molecule is Cc1ccc(OCCCCSc2nc3sc(C)c(-c4ccccc4)c3c(=O)[nH]2)cc1. The molecule has 2 aromatic carbocycles. The monoisotopic (exact) mass is 436 g/mol. The van der Waals surface area contributed by atoms with Crippen molar-refractivity contribution in [3.8, 4) is 16.9 Å². The Morgan fingerprint density at radius 2 is 1.80 bits per heavy atom. The smallest absolute Gasteiger partial charge is 0.260 e. The molecular weight excluding hydrogens is 412 g/mol. The number of nitrogens with zero attached hydrogens (tertiary/aromatic N) is 1. The Hall–Kier alpha value is -2.57. The third-order valence-corrected chi connectivity index (χ3v) is 6.80. The van der Waals surface area contributed by atoms with Gasteiger partial charge in [-0.2, -0.15) is 0 Å². The molecule has 4 nitrogen and oxygen atoms in total. The number of benzene rings is 2. The van der Waals surface area contributed by atoms with Crippen molar-refractivity contribution >= 4 is 33.3 Å². The minimum atomic E-state index is -0.0617. The number of unbranched alkanes of at least 4 members (excludes halogenated alkanes) is 1. The summed E-state index contributed by atoms with van der Waals surface area (Å²) >= 11 is 3.18. The summed E-state index contributed by atoms with van der Waals surface area (Å²) in [6.45, 7) is 4.81. The quantitative estimate of drug-likeness (QED) is 0.202. The van der Waals surface area contributed by atoms with E-state index in [4.69, 9.17) is 9.72 Å². The van der Waals surface area contributed by atoms with Crippen LogP contribution in [0, 0.1) is 13.8 Å². The van der Waals surface area contributed by atoms with Crippen molar-refractivity contribution in [1.82, 2.24) is 9.97 Å². The van der Waals surface area contributed by atoms with E-state index in [1.807, 2.05) is 42.5 Å². The largest absolute Gasteiger partial charge is 0.494 e. The van der Waals surface area contributed by atoms with E-state index < -0.39 is 0 Å². The molecule has 1 N–H and O–H groups in total. The molecule has 0 bridgehead atoms. The van der Waals surface area contributed by atoms with Crippen molar-refractivity contribution in [3.05, 3.63) is 75.4 Å². The highest BCUT2D eigenvalue weighted by atomic mass is 32.2. The number of rotatable bonds is 8. The highest BCUT2D eigenvalue weighted by Crippen LogP contribution is 2.35. The number of aromatic nitrogens is 2. The summed E-state index contributed by atoms with van der Waals surface area (Å²) in [5, 5.41) is 1.38. The van der Waals surface area contributed by atoms with Gasteiger partial charge in [0, 0.05) is 16.2 Å². The molecule has 2 aromatic heterocycles. The number of ether oxygens (including phenoxy) is 1. The first kappa shape index (κ1) is 20.7. The topological polar surface area (TPSA) is 55.0 Å². The number of hydrogen-bond donors (Lipinski definition) is 1. The standard InChI is InChI=1S/C24H24N2O2S2/c1-16-10-12-19(13-11-16)28-14-6-7-15-29-24-25-22(27)21-20(17(2)30-23(21)26-24)18-8-4-3-5-9-18/h3-5,8-13H,6-7,14-15H2,1-2H3,(H,25,26,27). The molecule has 30 heavy (non-hydrogen) atoms. The van der Waals surface area contributed by atoms with E-state index in [-0.39, 0.29) is 5.56 Å². The first-order chi connectivity index (χ1) is 14.6. The van der Waals surface area contributed by atoms with Crippen LogP contribution >= 0.6 is 23.1 Å². The summed E-state index contributed by atoms with van der Waals surface area (Å²) in [7, 11) is 0. The van der Waals surface area contributed by atoms with Gasteiger partial charge in [0.1, 0.15) is 10.6 Å². The number of thioether (sulfide) groups is 1. The second-order valence-electron chi connectivity index (χ2n) is 7.17. The Morgan fingerprint density at radius 3 is 2.57 bits per heavy atom. The highest BCUT2D eigenvalue weighted by Gasteiger charge is 2.16. The average Bonchev–Trinajstić information content (AvgIpc) is 3.09. The van der Waals surface area contributed by atoms with Crippen LogP contribution in [0.4, 0.5) is 0 Å². The van der Waals surface area contributed by atoms with Crippen LogP contribution in [0.15, 0.2) is 64.5 Å². The van der Waals surface area contributed by atoms with Gasteiger partial charge >= 0.3 is 0 Å². The molecule has 4 rings (SSSR count). The van der Waals surface area contributed by atoms with E-state index in [0.29, 0.717) is 17.1 Å². The molecule has 0 spiro atoms. The maximum absolute atomic E-state index is 12.8. The van der Waals surface area contributed by atoms with Gasteiger partial charge in [-0.3, -0.25) is 4.79 Å². The van der Waals surface area contributed by atoms with Crippen molar-refractivity contribution < 1.29 is 4.74 Å². The molecular formula is C24H24N2O2S2. The van der Waals surface area contributed by atoms with Crippen molar-refractivity contribution in [2.45, 2.75) is 31.8 Å². The van der Waals surface area contributed by atoms with E-state index in [1.165, 1.54) is 5.56 Å². The van der Waals surface area contributed by atoms with Gasteiger partial charge in [0.2, 0.25) is 0 Å². The summed E-state index contributed by atoms with van der Waals surface area (Å²) in [6, 6.07) is 18.2. The lowest BCUT2D eigenvalue weighted by Crippen LogP contribution is -2.09. The lowest BCUT2D eigenvalue weighted by Gasteiger charge is -2.06. The molecule has 0 atom stereocenters. The van der Waals surface area contributed by atoms with Crippen LogP contribution in [-0.2, 0) is 0 Å². The van der Waals surface area contributed by atoms with Gasteiger partial charge in [0.05, 0.1) is 12.0 Å². The van der Waals surface area contributed by atoms with Gasteiger partial charge in [0.15, 0.2) is 5.16 Å². The highest BCUT2D eigenvalue weighted by molar-refractivity contribution is 7.99. The summed E-state index contributed by atoms with van der Waals surface area (Å²) < 4.78 is 5.77. The van der Waals surface area contributed by atoms with Crippen LogP contribution in [0.3, 0.4) is 0 Å². The molecule has 0 saturated heterocycles. The Morgan fingerprint density at radius 1 is 1.03 bits per heavy atom. The number of H-pyrrole nitrogens is 1. The molecule has 6 heteroatoms. The minimum Gasteiger partial charge on any atom is -0.494 e. The zero-order chi connectivity index (χ0) is 20.9. The maximum Gasteiger partial charge on any atom is 0.260 e. The Kier molecular flexibility index (Phi) is 6.55. The van der Waals surface area contributed by atoms with Gasteiger partial charge < -0.3 is 9.72 Å². The van der Waals surface area contributed by atoms with E-state index in [0.717, 1.165) is 45.2 Å². The third kappa shape index (κ3) is 4.77. The molecule has 154 valence electrons. The summed E-state index contributed by atoms with van der Waals surface area (Å²) in [6.07, 6.45) is 1.96. The molecule has 0 aliphatic heterocycles. The predicted molar refractivity (Wildman–Crippen MR) is 127 cm³/mol. The second-order valence-corrected chi connectivity index (χ2v) is 9.45. The number of fused-ring (bicyclic) bond motifs is 1. The molecule has 0 aliphatic rings. The van der Waals surface area contributed by atoms with Crippen LogP contribution in [-0.4, -0.2) is 22.3 Å². The number of hydrogen-bond acceptors (Lipinski definition) is 5. The Balaban J connectivity index is 1.36. The first-order valence-corrected chi connectivity index (χ1v) is 11.8. The van der Waals surface area contributed by atoms with Crippen LogP contribution in [0.5, 0.6) is 5.75 Å². The van der Waals surface area contributed by atoms with Gasteiger partial charge in [-0.25, -0.2) is 4.98 Å². The molecule has 2 heterocycles. The van der Waals surface area contributed by atoms with Crippen LogP contribution < -0.4 is 10.3 Å². The lowest BCUT2D eigenvalue weighted by molar-refractivity contribution is 0.310. The van der Waals surface area contributed by atoms with E-state index in [1.54, 1.807) is 23.1 Å². The molecule has 0 amide bonds. The fourth-order valence-corrected chi connectivity index (χ4v) is 5.28. The Bertz CT molecular complexity index is 1180. The minimum absolute atomic E-state index is 0.0617. The fourth-order valence-electron chi connectivity index (χ4n) is 3.32. The van der Waals surface area contributed by atoms with Crippen molar-refractivity contribution in [2.75, 3.05) is 12.4 Å². The number of aromatic amines is 1. The zero-order valence-electron chi connectivity index (χ0n) is 17.1. The van der Waals surface area contributed by atoms with Gasteiger partial charge in [-0.1, -0.05) is 59.8 Å². The van der Waals surface area contributed by atoms with Crippen LogP contribution in [0.1, 0.15) is 23.3 Å². The summed E-state index contributed by atoms with van der Waals surface area (Å²) in [5.41, 5.74) is 3.22. The van der Waals surface area contributed by atoms with Crippen LogP contribution in [0.2, 0.25) is 0 Å². The second kappa shape index (κ2) is 9.49. The number of aryl methyl sites for hydroxylation is 2. The van der Waals surface area contributed by atoms with Gasteiger partial charge in [-0.15, -0.1) is 11.3 Å². The molecule has 4 aromatic rings. The summed E-state index contributed by atoms with van der Waals surface area (Å²) in [5.74, 6) is 1.80. The van der Waals surface area contributed by atoms with E-state index in [2.05, 4.69) is 31.0 Å². The molecule has 0 unspecified atom stereocenters. The van der Waals surface area contributed by atoms with Crippen molar-refractivity contribution in [2.24, 2.45) is 0 Å². The van der Waals surface area contributed by atoms with Crippen molar-refractivity contribution in [3.63, 3.8) is 0 Å². The fraction of sp³-hybridized carbons (Fsp3) is 0.250.